The van der Waals surface area contributed by atoms with E-state index < -0.39 is 5.97 Å². The van der Waals surface area contributed by atoms with E-state index in [1.54, 1.807) is 11.3 Å². The topological polar surface area (TPSA) is 50.1 Å². The van der Waals surface area contributed by atoms with Gasteiger partial charge in [-0.1, -0.05) is 0 Å². The summed E-state index contributed by atoms with van der Waals surface area (Å²) in [6.07, 6.45) is 1.54. The van der Waals surface area contributed by atoms with E-state index in [9.17, 15) is 4.79 Å². The Bertz CT molecular complexity index is 412. The van der Waals surface area contributed by atoms with E-state index in [1.807, 2.05) is 24.4 Å². The molecule has 0 unspecified atom stereocenters. The highest BCUT2D eigenvalue weighted by Crippen LogP contribution is 2.18. The Morgan fingerprint density at radius 2 is 2.43 bits per heavy atom. The largest absolute Gasteiger partial charge is 0.465 e. The number of nitriles is 1. The van der Waals surface area contributed by atoms with E-state index >= 15 is 0 Å². The van der Waals surface area contributed by atoms with E-state index in [0.717, 1.165) is 10.4 Å². The molecule has 0 amide bonds. The quantitative estimate of drug-likeness (QED) is 0.424. The summed E-state index contributed by atoms with van der Waals surface area (Å²) in [5.41, 5.74) is 0.908. The number of hydrogen-bond donors (Lipinski definition) is 0. The van der Waals surface area contributed by atoms with Crippen LogP contribution in [0.1, 0.15) is 10.4 Å². The average molecular weight is 207 g/mol. The number of aryl methyl sites for hydroxylation is 1. The average Bonchev–Trinajstić information content (AvgIpc) is 2.59. The third kappa shape index (κ3) is 2.21. The molecule has 1 heterocycles. The van der Waals surface area contributed by atoms with Gasteiger partial charge < -0.3 is 4.74 Å². The number of carbonyl (C=O) groups is 1. The fourth-order valence-electron chi connectivity index (χ4n) is 0.947. The summed E-state index contributed by atoms with van der Waals surface area (Å²) in [4.78, 5) is 12.1. The summed E-state index contributed by atoms with van der Waals surface area (Å²) in [5, 5.41) is 10.6. The van der Waals surface area contributed by atoms with Crippen molar-refractivity contribution in [3.05, 3.63) is 27.5 Å². The van der Waals surface area contributed by atoms with Crippen LogP contribution in [0.15, 0.2) is 17.0 Å². The molecule has 0 aliphatic heterocycles. The normalized spacial score (nSPS) is 10.8. The van der Waals surface area contributed by atoms with Crippen molar-refractivity contribution in [2.45, 2.75) is 6.92 Å². The smallest absolute Gasteiger partial charge is 0.348 e. The van der Waals surface area contributed by atoms with Crippen molar-refractivity contribution in [2.75, 3.05) is 7.11 Å². The van der Waals surface area contributed by atoms with Crippen LogP contribution in [0.5, 0.6) is 0 Å². The third-order valence-electron chi connectivity index (χ3n) is 1.72. The Kier molecular flexibility index (Phi) is 3.43. The first-order valence-electron chi connectivity index (χ1n) is 3.93. The molecule has 0 aliphatic rings. The number of nitrogens with zero attached hydrogens (tertiary/aromatic N) is 1. The van der Waals surface area contributed by atoms with Crippen LogP contribution in [0.2, 0.25) is 0 Å². The number of esters is 1. The fraction of sp³-hybridized carbons (Fsp3) is 0.200. The van der Waals surface area contributed by atoms with Gasteiger partial charge in [-0.2, -0.15) is 5.26 Å². The number of methoxy groups -OCH3 is 1. The maximum Gasteiger partial charge on any atom is 0.348 e. The van der Waals surface area contributed by atoms with Crippen LogP contribution in [0.4, 0.5) is 0 Å². The van der Waals surface area contributed by atoms with Gasteiger partial charge in [0, 0.05) is 4.88 Å². The molecule has 0 bridgehead atoms. The second-order valence-electron chi connectivity index (χ2n) is 2.59. The zero-order chi connectivity index (χ0) is 10.6. The molecule has 0 aliphatic carbocycles. The lowest BCUT2D eigenvalue weighted by molar-refractivity contribution is -0.135. The van der Waals surface area contributed by atoms with Gasteiger partial charge in [0.2, 0.25) is 0 Å². The SMILES string of the molecule is COC(=O)/C(C#N)=C/c1ccsc1C. The molecule has 0 radical (unpaired) electrons. The summed E-state index contributed by atoms with van der Waals surface area (Å²) in [6, 6.07) is 3.67. The molecule has 1 rings (SSSR count). The minimum absolute atomic E-state index is 0.0222. The number of ether oxygens (including phenoxy) is 1. The van der Waals surface area contributed by atoms with Gasteiger partial charge in [-0.15, -0.1) is 11.3 Å². The van der Waals surface area contributed by atoms with Crippen molar-refractivity contribution in [1.82, 2.24) is 0 Å². The van der Waals surface area contributed by atoms with Crippen LogP contribution in [-0.4, -0.2) is 13.1 Å². The summed E-state index contributed by atoms with van der Waals surface area (Å²) in [7, 11) is 1.26. The maximum absolute atomic E-state index is 11.1. The molecule has 72 valence electrons. The Hall–Kier alpha value is -1.60. The predicted octanol–water partition coefficient (Wildman–Crippen LogP) is 2.14. The first-order chi connectivity index (χ1) is 6.69. The number of hydrogen-bond acceptors (Lipinski definition) is 4. The van der Waals surface area contributed by atoms with Crippen LogP contribution in [-0.2, 0) is 9.53 Å². The molecule has 0 atom stereocenters. The van der Waals surface area contributed by atoms with Gasteiger partial charge in [-0.3, -0.25) is 0 Å². The lowest BCUT2D eigenvalue weighted by Gasteiger charge is -1.95. The molecule has 0 N–H and O–H groups in total. The Balaban J connectivity index is 3.03. The molecule has 0 fully saturated rings. The monoisotopic (exact) mass is 207 g/mol. The van der Waals surface area contributed by atoms with Gasteiger partial charge in [0.05, 0.1) is 7.11 Å². The standard InChI is InChI=1S/C10H9NO2S/c1-7-8(3-4-14-7)5-9(6-11)10(12)13-2/h3-5H,1-2H3/b9-5+. The molecule has 1 aromatic rings. The van der Waals surface area contributed by atoms with E-state index in [0.29, 0.717) is 0 Å². The molecule has 1 aromatic heterocycles. The first kappa shape index (κ1) is 10.5. The van der Waals surface area contributed by atoms with Crippen molar-refractivity contribution in [2.24, 2.45) is 0 Å². The third-order valence-corrected chi connectivity index (χ3v) is 2.59. The number of carbonyl (C=O) groups excluding carboxylic acids is 1. The molecule has 0 saturated heterocycles. The first-order valence-corrected chi connectivity index (χ1v) is 4.81. The molecule has 14 heavy (non-hydrogen) atoms. The van der Waals surface area contributed by atoms with Gasteiger partial charge in [0.1, 0.15) is 11.6 Å². The molecular formula is C10H9NO2S. The number of thiophene rings is 1. The van der Waals surface area contributed by atoms with Crippen molar-refractivity contribution < 1.29 is 9.53 Å². The van der Waals surface area contributed by atoms with Crippen LogP contribution >= 0.6 is 11.3 Å². The minimum Gasteiger partial charge on any atom is -0.465 e. The van der Waals surface area contributed by atoms with Gasteiger partial charge in [0.25, 0.3) is 0 Å². The van der Waals surface area contributed by atoms with E-state index in [4.69, 9.17) is 5.26 Å². The highest BCUT2D eigenvalue weighted by atomic mass is 32.1. The summed E-state index contributed by atoms with van der Waals surface area (Å²) < 4.78 is 4.47. The molecule has 4 heteroatoms. The van der Waals surface area contributed by atoms with Gasteiger partial charge in [0.15, 0.2) is 0 Å². The fourth-order valence-corrected chi connectivity index (χ4v) is 1.63. The predicted molar refractivity (Wildman–Crippen MR) is 54.7 cm³/mol. The van der Waals surface area contributed by atoms with Crippen molar-refractivity contribution in [3.8, 4) is 6.07 Å². The van der Waals surface area contributed by atoms with Crippen molar-refractivity contribution in [1.29, 1.82) is 5.26 Å². The van der Waals surface area contributed by atoms with Crippen molar-refractivity contribution in [3.63, 3.8) is 0 Å². The molecule has 0 spiro atoms. The second kappa shape index (κ2) is 4.58. The lowest BCUT2D eigenvalue weighted by atomic mass is 10.2. The molecule has 0 aromatic carbocycles. The van der Waals surface area contributed by atoms with Crippen LogP contribution in [0.3, 0.4) is 0 Å². The zero-order valence-corrected chi connectivity index (χ0v) is 8.72. The van der Waals surface area contributed by atoms with Gasteiger partial charge in [-0.05, 0) is 30.0 Å². The summed E-state index contributed by atoms with van der Waals surface area (Å²) in [6.45, 7) is 1.93. The second-order valence-corrected chi connectivity index (χ2v) is 3.71. The summed E-state index contributed by atoms with van der Waals surface area (Å²) >= 11 is 1.57. The minimum atomic E-state index is -0.599. The zero-order valence-electron chi connectivity index (χ0n) is 7.90. The van der Waals surface area contributed by atoms with Crippen LogP contribution in [0.25, 0.3) is 6.08 Å². The van der Waals surface area contributed by atoms with E-state index in [2.05, 4.69) is 4.74 Å². The lowest BCUT2D eigenvalue weighted by Crippen LogP contribution is -2.02. The molecular weight excluding hydrogens is 198 g/mol. The van der Waals surface area contributed by atoms with Gasteiger partial charge in [-0.25, -0.2) is 4.79 Å². The highest BCUT2D eigenvalue weighted by molar-refractivity contribution is 7.10. The van der Waals surface area contributed by atoms with Crippen molar-refractivity contribution >= 4 is 23.4 Å². The van der Waals surface area contributed by atoms with Crippen LogP contribution in [0, 0.1) is 18.3 Å². The maximum atomic E-state index is 11.1. The summed E-state index contributed by atoms with van der Waals surface area (Å²) in [5.74, 6) is -0.599. The van der Waals surface area contributed by atoms with E-state index in [1.165, 1.54) is 13.2 Å². The molecule has 0 saturated carbocycles. The number of rotatable bonds is 2. The van der Waals surface area contributed by atoms with Gasteiger partial charge >= 0.3 is 5.97 Å². The van der Waals surface area contributed by atoms with Crippen LogP contribution < -0.4 is 0 Å². The Morgan fingerprint density at radius 3 is 2.86 bits per heavy atom. The Labute approximate surface area is 86.2 Å². The molecule has 3 nitrogen and oxygen atoms in total. The van der Waals surface area contributed by atoms with E-state index in [-0.39, 0.29) is 5.57 Å². The Morgan fingerprint density at radius 1 is 1.71 bits per heavy atom. The highest BCUT2D eigenvalue weighted by Gasteiger charge is 2.09.